The minimum Gasteiger partial charge on any atom is -0.441 e. The van der Waals surface area contributed by atoms with Crippen LogP contribution < -0.4 is 5.32 Å². The Kier molecular flexibility index (Phi) is 2.97. The molecular weight excluding hydrogens is 294 g/mol. The highest BCUT2D eigenvalue weighted by Crippen LogP contribution is 2.20. The third-order valence-corrected chi connectivity index (χ3v) is 3.34. The summed E-state index contributed by atoms with van der Waals surface area (Å²) >= 11 is 0. The Morgan fingerprint density at radius 1 is 1.09 bits per heavy atom. The molecule has 1 aromatic carbocycles. The maximum Gasteiger partial charge on any atom is 0.257 e. The van der Waals surface area contributed by atoms with E-state index >= 15 is 0 Å². The molecular formula is C16H11N5O2. The lowest BCUT2D eigenvalue weighted by molar-refractivity contribution is 0.102. The Labute approximate surface area is 130 Å². The van der Waals surface area contributed by atoms with E-state index in [0.29, 0.717) is 39.4 Å². The number of aromatic nitrogens is 4. The number of hydrogen-bond donors (Lipinski definition) is 1. The van der Waals surface area contributed by atoms with Crippen molar-refractivity contribution >= 4 is 33.9 Å². The second-order valence-electron chi connectivity index (χ2n) is 4.99. The summed E-state index contributed by atoms with van der Waals surface area (Å²) in [5.41, 5.74) is 3.50. The highest BCUT2D eigenvalue weighted by Gasteiger charge is 2.10. The molecule has 0 fully saturated rings. The third kappa shape index (κ3) is 2.48. The van der Waals surface area contributed by atoms with Crippen molar-refractivity contribution in [3.63, 3.8) is 0 Å². The Balaban J connectivity index is 1.64. The summed E-state index contributed by atoms with van der Waals surface area (Å²) in [6.45, 7) is 1.78. The number of rotatable bonds is 2. The van der Waals surface area contributed by atoms with Gasteiger partial charge in [0, 0.05) is 31.2 Å². The van der Waals surface area contributed by atoms with E-state index in [1.165, 1.54) is 6.20 Å². The van der Waals surface area contributed by atoms with Crippen LogP contribution in [-0.2, 0) is 0 Å². The number of nitrogens with one attached hydrogen (secondary N) is 1. The predicted molar refractivity (Wildman–Crippen MR) is 84.0 cm³/mol. The number of aryl methyl sites for hydroxylation is 1. The molecule has 0 spiro atoms. The minimum atomic E-state index is -0.274. The zero-order chi connectivity index (χ0) is 15.8. The van der Waals surface area contributed by atoms with Gasteiger partial charge in [-0.1, -0.05) is 0 Å². The average molecular weight is 305 g/mol. The fourth-order valence-electron chi connectivity index (χ4n) is 2.31. The lowest BCUT2D eigenvalue weighted by atomic mass is 10.2. The minimum absolute atomic E-state index is 0.274. The van der Waals surface area contributed by atoms with Crippen molar-refractivity contribution in [1.29, 1.82) is 0 Å². The number of oxazole rings is 1. The van der Waals surface area contributed by atoms with Gasteiger partial charge in [-0.25, -0.2) is 15.0 Å². The summed E-state index contributed by atoms with van der Waals surface area (Å²) in [6, 6.07) is 6.95. The maximum absolute atomic E-state index is 12.4. The molecule has 3 aromatic heterocycles. The second kappa shape index (κ2) is 5.13. The van der Waals surface area contributed by atoms with Crippen molar-refractivity contribution in [2.45, 2.75) is 6.92 Å². The fourth-order valence-corrected chi connectivity index (χ4v) is 2.31. The van der Waals surface area contributed by atoms with Gasteiger partial charge in [0.05, 0.1) is 5.56 Å². The number of benzene rings is 1. The van der Waals surface area contributed by atoms with Gasteiger partial charge in [-0.3, -0.25) is 9.78 Å². The molecule has 0 saturated heterocycles. The fraction of sp³-hybridized carbons (Fsp3) is 0.0625. The molecule has 0 saturated carbocycles. The first-order valence-electron chi connectivity index (χ1n) is 6.94. The van der Waals surface area contributed by atoms with E-state index in [2.05, 4.69) is 25.3 Å². The zero-order valence-corrected chi connectivity index (χ0v) is 12.1. The van der Waals surface area contributed by atoms with Crippen LogP contribution in [0, 0.1) is 6.92 Å². The van der Waals surface area contributed by atoms with Crippen molar-refractivity contribution in [2.75, 3.05) is 5.32 Å². The molecule has 1 N–H and O–H groups in total. The van der Waals surface area contributed by atoms with Crippen LogP contribution in [0.25, 0.3) is 22.3 Å². The number of anilines is 1. The normalized spacial score (nSPS) is 11.0. The molecule has 7 heteroatoms. The van der Waals surface area contributed by atoms with Gasteiger partial charge in [0.25, 0.3) is 5.91 Å². The summed E-state index contributed by atoms with van der Waals surface area (Å²) in [5, 5.41) is 2.82. The zero-order valence-electron chi connectivity index (χ0n) is 12.1. The molecule has 7 nitrogen and oxygen atoms in total. The summed E-state index contributed by atoms with van der Waals surface area (Å²) < 4.78 is 5.41. The average Bonchev–Trinajstić information content (AvgIpc) is 2.93. The van der Waals surface area contributed by atoms with E-state index in [-0.39, 0.29) is 5.91 Å². The van der Waals surface area contributed by atoms with Crippen molar-refractivity contribution in [3.8, 4) is 0 Å². The van der Waals surface area contributed by atoms with E-state index in [4.69, 9.17) is 4.42 Å². The van der Waals surface area contributed by atoms with Crippen LogP contribution in [0.5, 0.6) is 0 Å². The third-order valence-electron chi connectivity index (χ3n) is 3.34. The Hall–Kier alpha value is -3.35. The van der Waals surface area contributed by atoms with E-state index in [1.807, 2.05) is 0 Å². The topological polar surface area (TPSA) is 93.8 Å². The number of hydrogen-bond acceptors (Lipinski definition) is 6. The van der Waals surface area contributed by atoms with Gasteiger partial charge in [0.15, 0.2) is 17.1 Å². The Morgan fingerprint density at radius 2 is 1.96 bits per heavy atom. The molecule has 0 atom stereocenters. The van der Waals surface area contributed by atoms with Crippen LogP contribution >= 0.6 is 0 Å². The summed E-state index contributed by atoms with van der Waals surface area (Å²) in [7, 11) is 0. The van der Waals surface area contributed by atoms with Crippen LogP contribution in [0.3, 0.4) is 0 Å². The number of carbonyl (C=O) groups excluding carboxylic acids is 1. The van der Waals surface area contributed by atoms with Crippen LogP contribution in [0.2, 0.25) is 0 Å². The van der Waals surface area contributed by atoms with Crippen LogP contribution in [0.15, 0.2) is 47.3 Å². The van der Waals surface area contributed by atoms with Gasteiger partial charge in [-0.15, -0.1) is 0 Å². The molecule has 23 heavy (non-hydrogen) atoms. The van der Waals surface area contributed by atoms with Gasteiger partial charge >= 0.3 is 0 Å². The highest BCUT2D eigenvalue weighted by atomic mass is 16.3. The molecule has 3 heterocycles. The summed E-state index contributed by atoms with van der Waals surface area (Å²) in [6.07, 6.45) is 4.60. The predicted octanol–water partition coefficient (Wildman–Crippen LogP) is 2.73. The number of nitrogens with zero attached hydrogens (tertiary/aromatic N) is 4. The number of amides is 1. The summed E-state index contributed by atoms with van der Waals surface area (Å²) in [5.74, 6) is 0.311. The first-order valence-corrected chi connectivity index (χ1v) is 6.94. The monoisotopic (exact) mass is 305 g/mol. The molecule has 1 amide bonds. The van der Waals surface area contributed by atoms with Gasteiger partial charge in [0.1, 0.15) is 11.0 Å². The van der Waals surface area contributed by atoms with Crippen molar-refractivity contribution < 1.29 is 9.21 Å². The Morgan fingerprint density at radius 3 is 2.87 bits per heavy atom. The SMILES string of the molecule is Cc1nc2cc(NC(=O)c3cnc4nccnc4c3)ccc2o1. The summed E-state index contributed by atoms with van der Waals surface area (Å²) in [4.78, 5) is 29.0. The van der Waals surface area contributed by atoms with Gasteiger partial charge < -0.3 is 9.73 Å². The van der Waals surface area contributed by atoms with Crippen molar-refractivity contribution in [1.82, 2.24) is 19.9 Å². The molecule has 0 aliphatic carbocycles. The lowest BCUT2D eigenvalue weighted by Gasteiger charge is -2.05. The van der Waals surface area contributed by atoms with E-state index in [9.17, 15) is 4.79 Å². The van der Waals surface area contributed by atoms with Gasteiger partial charge in [-0.05, 0) is 24.3 Å². The largest absolute Gasteiger partial charge is 0.441 e. The highest BCUT2D eigenvalue weighted by molar-refractivity contribution is 6.05. The molecule has 0 bridgehead atoms. The van der Waals surface area contributed by atoms with Crippen molar-refractivity contribution in [2.24, 2.45) is 0 Å². The molecule has 0 radical (unpaired) electrons. The van der Waals surface area contributed by atoms with Gasteiger partial charge in [0.2, 0.25) is 0 Å². The molecule has 0 unspecified atom stereocenters. The van der Waals surface area contributed by atoms with Crippen LogP contribution in [0.4, 0.5) is 5.69 Å². The molecule has 4 rings (SSSR count). The molecule has 0 aliphatic heterocycles. The number of pyridine rings is 1. The second-order valence-corrected chi connectivity index (χ2v) is 4.99. The van der Waals surface area contributed by atoms with E-state index in [1.54, 1.807) is 43.6 Å². The number of fused-ring (bicyclic) bond motifs is 2. The van der Waals surface area contributed by atoms with E-state index < -0.39 is 0 Å². The van der Waals surface area contributed by atoms with Crippen LogP contribution in [-0.4, -0.2) is 25.8 Å². The van der Waals surface area contributed by atoms with Crippen molar-refractivity contribution in [3.05, 3.63) is 54.3 Å². The first-order chi connectivity index (χ1) is 11.2. The smallest absolute Gasteiger partial charge is 0.257 e. The molecule has 112 valence electrons. The quantitative estimate of drug-likeness (QED) is 0.612. The van der Waals surface area contributed by atoms with E-state index in [0.717, 1.165) is 0 Å². The standard InChI is InChI=1S/C16H11N5O2/c1-9-20-12-7-11(2-3-14(12)23-9)21-16(22)10-6-13-15(19-8-10)18-5-4-17-13/h2-8H,1H3,(H,21,22). The van der Waals surface area contributed by atoms with Gasteiger partial charge in [-0.2, -0.15) is 0 Å². The molecule has 0 aliphatic rings. The lowest BCUT2D eigenvalue weighted by Crippen LogP contribution is -2.12. The first kappa shape index (κ1) is 13.3. The Bertz CT molecular complexity index is 1040. The van der Waals surface area contributed by atoms with Crippen LogP contribution in [0.1, 0.15) is 16.2 Å². The number of carbonyl (C=O) groups is 1. The maximum atomic E-state index is 12.4. The molecule has 4 aromatic rings.